The van der Waals surface area contributed by atoms with E-state index in [1.54, 1.807) is 14.1 Å². The first kappa shape index (κ1) is 13.2. The van der Waals surface area contributed by atoms with Crippen LogP contribution in [0.4, 0.5) is 4.79 Å². The summed E-state index contributed by atoms with van der Waals surface area (Å²) < 4.78 is 5.00. The van der Waals surface area contributed by atoms with E-state index in [0.29, 0.717) is 6.61 Å². The van der Waals surface area contributed by atoms with Crippen molar-refractivity contribution in [2.45, 2.75) is 20.3 Å². The Morgan fingerprint density at radius 3 is 2.21 bits per heavy atom. The van der Waals surface area contributed by atoms with Crippen LogP contribution in [0.3, 0.4) is 0 Å². The molecule has 1 amide bonds. The standard InChI is InChI=1S/C10H22N2O2/c1-5-12(6-2)8-7-9-14-10(13)11(3)4/h5-9H2,1-4H3. The smallest absolute Gasteiger partial charge is 0.409 e. The number of hydrogen-bond acceptors (Lipinski definition) is 3. The first-order valence-corrected chi connectivity index (χ1v) is 5.18. The van der Waals surface area contributed by atoms with Crippen LogP contribution in [0.2, 0.25) is 0 Å². The Bertz CT molecular complexity index is 156. The molecule has 84 valence electrons. The Labute approximate surface area is 86.8 Å². The Morgan fingerprint density at radius 1 is 1.21 bits per heavy atom. The maximum Gasteiger partial charge on any atom is 0.409 e. The minimum atomic E-state index is -0.260. The summed E-state index contributed by atoms with van der Waals surface area (Å²) in [5.74, 6) is 0. The molecule has 0 saturated carbocycles. The molecule has 0 aliphatic heterocycles. The number of carbonyl (C=O) groups is 1. The molecule has 0 N–H and O–H groups in total. The molecular weight excluding hydrogens is 180 g/mol. The Balaban J connectivity index is 3.41. The minimum absolute atomic E-state index is 0.260. The maximum atomic E-state index is 11.0. The summed E-state index contributed by atoms with van der Waals surface area (Å²) in [4.78, 5) is 14.8. The summed E-state index contributed by atoms with van der Waals surface area (Å²) in [5.41, 5.74) is 0. The second-order valence-electron chi connectivity index (χ2n) is 3.39. The molecule has 0 unspecified atom stereocenters. The average molecular weight is 202 g/mol. The predicted molar refractivity (Wildman–Crippen MR) is 57.4 cm³/mol. The fourth-order valence-corrected chi connectivity index (χ4v) is 1.12. The van der Waals surface area contributed by atoms with Gasteiger partial charge in [-0.05, 0) is 19.5 Å². The van der Waals surface area contributed by atoms with Gasteiger partial charge in [0.05, 0.1) is 6.61 Å². The highest BCUT2D eigenvalue weighted by atomic mass is 16.6. The van der Waals surface area contributed by atoms with Gasteiger partial charge in [0.15, 0.2) is 0 Å². The van der Waals surface area contributed by atoms with Crippen LogP contribution in [0.5, 0.6) is 0 Å². The van der Waals surface area contributed by atoms with Gasteiger partial charge < -0.3 is 14.5 Å². The van der Waals surface area contributed by atoms with Gasteiger partial charge in [-0.25, -0.2) is 4.79 Å². The Hall–Kier alpha value is -0.770. The normalized spacial score (nSPS) is 10.4. The first-order valence-electron chi connectivity index (χ1n) is 5.18. The van der Waals surface area contributed by atoms with Gasteiger partial charge in [-0.1, -0.05) is 13.8 Å². The van der Waals surface area contributed by atoms with E-state index in [1.165, 1.54) is 4.90 Å². The van der Waals surface area contributed by atoms with E-state index in [1.807, 2.05) is 0 Å². The van der Waals surface area contributed by atoms with E-state index in [0.717, 1.165) is 26.1 Å². The molecule has 0 aliphatic rings. The molecule has 0 aromatic carbocycles. The summed E-state index contributed by atoms with van der Waals surface area (Å²) in [7, 11) is 3.37. The molecule has 0 atom stereocenters. The van der Waals surface area contributed by atoms with Crippen LogP contribution < -0.4 is 0 Å². The number of hydrogen-bond donors (Lipinski definition) is 0. The molecule has 0 aromatic heterocycles. The van der Waals surface area contributed by atoms with Gasteiger partial charge in [-0.3, -0.25) is 0 Å². The fraction of sp³-hybridized carbons (Fsp3) is 0.900. The molecule has 0 spiro atoms. The van der Waals surface area contributed by atoms with E-state index in [9.17, 15) is 4.79 Å². The first-order chi connectivity index (χ1) is 6.61. The quantitative estimate of drug-likeness (QED) is 0.611. The van der Waals surface area contributed by atoms with Crippen molar-refractivity contribution in [1.29, 1.82) is 0 Å². The molecule has 0 saturated heterocycles. The van der Waals surface area contributed by atoms with E-state index >= 15 is 0 Å². The highest BCUT2D eigenvalue weighted by molar-refractivity contribution is 5.66. The van der Waals surface area contributed by atoms with E-state index in [4.69, 9.17) is 4.74 Å². The average Bonchev–Trinajstić information content (AvgIpc) is 2.17. The van der Waals surface area contributed by atoms with Gasteiger partial charge in [0, 0.05) is 20.6 Å². The van der Waals surface area contributed by atoms with Crippen molar-refractivity contribution < 1.29 is 9.53 Å². The Kier molecular flexibility index (Phi) is 7.20. The third kappa shape index (κ3) is 5.80. The van der Waals surface area contributed by atoms with E-state index in [2.05, 4.69) is 18.7 Å². The largest absolute Gasteiger partial charge is 0.449 e. The van der Waals surface area contributed by atoms with Crippen molar-refractivity contribution in [3.63, 3.8) is 0 Å². The van der Waals surface area contributed by atoms with Gasteiger partial charge in [-0.15, -0.1) is 0 Å². The number of nitrogens with zero attached hydrogens (tertiary/aromatic N) is 2. The van der Waals surface area contributed by atoms with Gasteiger partial charge in [0.1, 0.15) is 0 Å². The molecule has 4 nitrogen and oxygen atoms in total. The lowest BCUT2D eigenvalue weighted by atomic mass is 10.4. The highest BCUT2D eigenvalue weighted by Crippen LogP contribution is 1.93. The molecule has 0 aromatic rings. The fourth-order valence-electron chi connectivity index (χ4n) is 1.12. The summed E-state index contributed by atoms with van der Waals surface area (Å²) in [5, 5.41) is 0. The van der Waals surface area contributed by atoms with Crippen molar-refractivity contribution in [2.24, 2.45) is 0 Å². The van der Waals surface area contributed by atoms with Crippen molar-refractivity contribution in [2.75, 3.05) is 40.3 Å². The molecular formula is C10H22N2O2. The maximum absolute atomic E-state index is 11.0. The Morgan fingerprint density at radius 2 is 1.79 bits per heavy atom. The highest BCUT2D eigenvalue weighted by Gasteiger charge is 2.04. The molecule has 0 fully saturated rings. The third-order valence-corrected chi connectivity index (χ3v) is 2.10. The van der Waals surface area contributed by atoms with Crippen molar-refractivity contribution >= 4 is 6.09 Å². The number of amides is 1. The molecule has 0 rings (SSSR count). The second kappa shape index (κ2) is 7.62. The lowest BCUT2D eigenvalue weighted by Gasteiger charge is -2.18. The summed E-state index contributed by atoms with van der Waals surface area (Å²) in [6.07, 6.45) is 0.644. The number of rotatable bonds is 6. The lowest BCUT2D eigenvalue weighted by molar-refractivity contribution is 0.113. The van der Waals surface area contributed by atoms with Crippen LogP contribution in [0, 0.1) is 0 Å². The zero-order chi connectivity index (χ0) is 11.0. The van der Waals surface area contributed by atoms with Crippen molar-refractivity contribution in [1.82, 2.24) is 9.80 Å². The molecule has 4 heteroatoms. The summed E-state index contributed by atoms with van der Waals surface area (Å²) in [6, 6.07) is 0. The van der Waals surface area contributed by atoms with E-state index in [-0.39, 0.29) is 6.09 Å². The van der Waals surface area contributed by atoms with Crippen LogP contribution in [0.1, 0.15) is 20.3 Å². The summed E-state index contributed by atoms with van der Waals surface area (Å²) in [6.45, 7) is 7.88. The lowest BCUT2D eigenvalue weighted by Crippen LogP contribution is -2.27. The topological polar surface area (TPSA) is 32.8 Å². The molecule has 0 radical (unpaired) electrons. The van der Waals surface area contributed by atoms with Crippen molar-refractivity contribution in [3.05, 3.63) is 0 Å². The van der Waals surface area contributed by atoms with Crippen LogP contribution in [-0.4, -0.2) is 56.2 Å². The number of ether oxygens (including phenoxy) is 1. The third-order valence-electron chi connectivity index (χ3n) is 2.10. The van der Waals surface area contributed by atoms with Crippen LogP contribution in [0.25, 0.3) is 0 Å². The zero-order valence-electron chi connectivity index (χ0n) is 9.75. The molecule has 0 aliphatic carbocycles. The minimum Gasteiger partial charge on any atom is -0.449 e. The van der Waals surface area contributed by atoms with Crippen molar-refractivity contribution in [3.8, 4) is 0 Å². The van der Waals surface area contributed by atoms with Crippen LogP contribution in [-0.2, 0) is 4.74 Å². The summed E-state index contributed by atoms with van der Waals surface area (Å²) >= 11 is 0. The number of carbonyl (C=O) groups excluding carboxylic acids is 1. The van der Waals surface area contributed by atoms with Gasteiger partial charge >= 0.3 is 6.09 Å². The molecule has 0 bridgehead atoms. The van der Waals surface area contributed by atoms with Crippen LogP contribution >= 0.6 is 0 Å². The predicted octanol–water partition coefficient (Wildman–Crippen LogP) is 1.42. The SMILES string of the molecule is CCN(CC)CCCOC(=O)N(C)C. The van der Waals surface area contributed by atoms with Crippen LogP contribution in [0.15, 0.2) is 0 Å². The second-order valence-corrected chi connectivity index (χ2v) is 3.39. The molecule has 14 heavy (non-hydrogen) atoms. The molecule has 0 heterocycles. The monoisotopic (exact) mass is 202 g/mol. The van der Waals surface area contributed by atoms with Gasteiger partial charge in [0.25, 0.3) is 0 Å². The van der Waals surface area contributed by atoms with Gasteiger partial charge in [0.2, 0.25) is 0 Å². The zero-order valence-corrected chi connectivity index (χ0v) is 9.75. The van der Waals surface area contributed by atoms with E-state index < -0.39 is 0 Å². The van der Waals surface area contributed by atoms with Gasteiger partial charge in [-0.2, -0.15) is 0 Å².